The van der Waals surface area contributed by atoms with Gasteiger partial charge in [-0.05, 0) is 31.8 Å². The number of carbonyl (C=O) groups excluding carboxylic acids is 1. The third-order valence-electron chi connectivity index (χ3n) is 3.54. The SMILES string of the molecule is CC(CN(C)C)C(OC(=O)c1ccccc1)c1ccccc1.Cl. The summed E-state index contributed by atoms with van der Waals surface area (Å²) in [6.45, 7) is 2.96. The molecule has 0 heterocycles. The van der Waals surface area contributed by atoms with Gasteiger partial charge in [0.15, 0.2) is 0 Å². The van der Waals surface area contributed by atoms with Crippen molar-refractivity contribution < 1.29 is 9.53 Å². The average molecular weight is 334 g/mol. The predicted molar refractivity (Wildman–Crippen MR) is 96.0 cm³/mol. The lowest BCUT2D eigenvalue weighted by Gasteiger charge is -2.27. The van der Waals surface area contributed by atoms with E-state index >= 15 is 0 Å². The van der Waals surface area contributed by atoms with Crippen LogP contribution in [0.5, 0.6) is 0 Å². The zero-order valence-corrected chi connectivity index (χ0v) is 14.6. The number of hydrogen-bond donors (Lipinski definition) is 0. The summed E-state index contributed by atoms with van der Waals surface area (Å²) in [6, 6.07) is 19.1. The van der Waals surface area contributed by atoms with Crippen LogP contribution in [0.15, 0.2) is 60.7 Å². The molecule has 4 heteroatoms. The average Bonchev–Trinajstić information content (AvgIpc) is 2.53. The summed E-state index contributed by atoms with van der Waals surface area (Å²) < 4.78 is 5.82. The van der Waals surface area contributed by atoms with Crippen molar-refractivity contribution in [2.45, 2.75) is 13.0 Å². The van der Waals surface area contributed by atoms with Crippen LogP contribution in [0.4, 0.5) is 0 Å². The summed E-state index contributed by atoms with van der Waals surface area (Å²) >= 11 is 0. The van der Waals surface area contributed by atoms with Gasteiger partial charge in [-0.25, -0.2) is 4.79 Å². The summed E-state index contributed by atoms with van der Waals surface area (Å²) in [4.78, 5) is 14.5. The predicted octanol–water partition coefficient (Wildman–Crippen LogP) is 4.20. The first kappa shape index (κ1) is 19.2. The maximum Gasteiger partial charge on any atom is 0.338 e. The lowest BCUT2D eigenvalue weighted by atomic mass is 9.96. The van der Waals surface area contributed by atoms with Gasteiger partial charge in [-0.1, -0.05) is 55.5 Å². The van der Waals surface area contributed by atoms with Gasteiger partial charge in [0, 0.05) is 12.5 Å². The maximum atomic E-state index is 12.4. The quantitative estimate of drug-likeness (QED) is 0.742. The summed E-state index contributed by atoms with van der Waals surface area (Å²) in [5, 5.41) is 0. The number of rotatable bonds is 6. The van der Waals surface area contributed by atoms with Crippen LogP contribution in [-0.4, -0.2) is 31.5 Å². The summed E-state index contributed by atoms with van der Waals surface area (Å²) in [7, 11) is 4.05. The Morgan fingerprint density at radius 1 is 1.00 bits per heavy atom. The van der Waals surface area contributed by atoms with Gasteiger partial charge in [0.1, 0.15) is 6.10 Å². The van der Waals surface area contributed by atoms with Crippen LogP contribution in [0.1, 0.15) is 28.9 Å². The Labute approximate surface area is 144 Å². The molecule has 0 spiro atoms. The highest BCUT2D eigenvalue weighted by Crippen LogP contribution is 2.27. The van der Waals surface area contributed by atoms with Crippen LogP contribution in [0, 0.1) is 5.92 Å². The standard InChI is InChI=1S/C19H23NO2.ClH/c1-15(14-20(2)3)18(16-10-6-4-7-11-16)22-19(21)17-12-8-5-9-13-17;/h4-13,15,18H,14H2,1-3H3;1H. The van der Waals surface area contributed by atoms with Crippen LogP contribution in [0.2, 0.25) is 0 Å². The van der Waals surface area contributed by atoms with Gasteiger partial charge in [-0.2, -0.15) is 0 Å². The number of benzene rings is 2. The highest BCUT2D eigenvalue weighted by Gasteiger charge is 2.24. The summed E-state index contributed by atoms with van der Waals surface area (Å²) in [6.07, 6.45) is -0.253. The minimum absolute atomic E-state index is 0. The van der Waals surface area contributed by atoms with Gasteiger partial charge in [0.2, 0.25) is 0 Å². The van der Waals surface area contributed by atoms with E-state index in [1.165, 1.54) is 0 Å². The van der Waals surface area contributed by atoms with Crippen molar-refractivity contribution in [1.82, 2.24) is 4.90 Å². The van der Waals surface area contributed by atoms with E-state index in [1.54, 1.807) is 12.1 Å². The molecule has 0 aliphatic rings. The van der Waals surface area contributed by atoms with Gasteiger partial charge in [0.25, 0.3) is 0 Å². The highest BCUT2D eigenvalue weighted by molar-refractivity contribution is 5.89. The fraction of sp³-hybridized carbons (Fsp3) is 0.316. The Morgan fingerprint density at radius 2 is 1.52 bits per heavy atom. The molecule has 0 aliphatic carbocycles. The van der Waals surface area contributed by atoms with Crippen molar-refractivity contribution in [3.05, 3.63) is 71.8 Å². The largest absolute Gasteiger partial charge is 0.454 e. The van der Waals surface area contributed by atoms with Crippen LogP contribution in [0.3, 0.4) is 0 Å². The second-order valence-electron chi connectivity index (χ2n) is 5.84. The first-order chi connectivity index (χ1) is 10.6. The summed E-state index contributed by atoms with van der Waals surface area (Å²) in [5.74, 6) is -0.0786. The van der Waals surface area contributed by atoms with E-state index < -0.39 is 0 Å². The van der Waals surface area contributed by atoms with E-state index in [0.717, 1.165) is 12.1 Å². The van der Waals surface area contributed by atoms with Crippen LogP contribution in [0.25, 0.3) is 0 Å². The lowest BCUT2D eigenvalue weighted by molar-refractivity contribution is 0.0119. The molecule has 124 valence electrons. The van der Waals surface area contributed by atoms with Crippen molar-refractivity contribution in [2.24, 2.45) is 5.92 Å². The topological polar surface area (TPSA) is 29.5 Å². The van der Waals surface area contributed by atoms with Gasteiger partial charge in [0.05, 0.1) is 5.56 Å². The normalized spacial score (nSPS) is 13.0. The van der Waals surface area contributed by atoms with E-state index in [0.29, 0.717) is 5.56 Å². The Hall–Kier alpha value is -1.84. The van der Waals surface area contributed by atoms with Gasteiger partial charge >= 0.3 is 5.97 Å². The maximum absolute atomic E-state index is 12.4. The lowest BCUT2D eigenvalue weighted by Crippen LogP contribution is -2.27. The molecular weight excluding hydrogens is 310 g/mol. The van der Waals surface area contributed by atoms with Crippen LogP contribution < -0.4 is 0 Å². The molecule has 23 heavy (non-hydrogen) atoms. The molecule has 0 aromatic heterocycles. The molecule has 3 nitrogen and oxygen atoms in total. The molecule has 2 rings (SSSR count). The third kappa shape index (κ3) is 5.70. The molecule has 2 atom stereocenters. The molecule has 0 saturated heterocycles. The van der Waals surface area contributed by atoms with Gasteiger partial charge < -0.3 is 9.64 Å². The van der Waals surface area contributed by atoms with E-state index in [1.807, 2.05) is 62.6 Å². The van der Waals surface area contributed by atoms with E-state index in [4.69, 9.17) is 4.74 Å². The fourth-order valence-corrected chi connectivity index (χ4v) is 2.58. The van der Waals surface area contributed by atoms with Crippen molar-refractivity contribution in [3.8, 4) is 0 Å². The number of esters is 1. The molecule has 0 radical (unpaired) electrons. The Morgan fingerprint density at radius 3 is 2.04 bits per heavy atom. The number of nitrogens with zero attached hydrogens (tertiary/aromatic N) is 1. The Kier molecular flexibility index (Phi) is 7.79. The van der Waals surface area contributed by atoms with E-state index in [9.17, 15) is 4.79 Å². The van der Waals surface area contributed by atoms with Gasteiger partial charge in [-0.15, -0.1) is 12.4 Å². The molecule has 0 N–H and O–H groups in total. The number of carbonyl (C=O) groups is 1. The molecule has 0 saturated carbocycles. The molecule has 2 aromatic rings. The van der Waals surface area contributed by atoms with E-state index in [-0.39, 0.29) is 30.4 Å². The first-order valence-corrected chi connectivity index (χ1v) is 7.53. The molecule has 0 bridgehead atoms. The van der Waals surface area contributed by atoms with Crippen LogP contribution in [-0.2, 0) is 4.74 Å². The van der Waals surface area contributed by atoms with Crippen molar-refractivity contribution in [1.29, 1.82) is 0 Å². The number of halogens is 1. The minimum Gasteiger partial charge on any atom is -0.454 e. The first-order valence-electron chi connectivity index (χ1n) is 7.53. The number of hydrogen-bond acceptors (Lipinski definition) is 3. The Bertz CT molecular complexity index is 587. The summed E-state index contributed by atoms with van der Waals surface area (Å²) in [5.41, 5.74) is 1.61. The third-order valence-corrected chi connectivity index (χ3v) is 3.54. The van der Waals surface area contributed by atoms with Crippen LogP contribution >= 0.6 is 12.4 Å². The molecule has 0 amide bonds. The Balaban J connectivity index is 0.00000264. The second-order valence-corrected chi connectivity index (χ2v) is 5.84. The molecule has 0 fully saturated rings. The fourth-order valence-electron chi connectivity index (χ4n) is 2.58. The van der Waals surface area contributed by atoms with E-state index in [2.05, 4.69) is 11.8 Å². The molecule has 0 aliphatic heterocycles. The monoisotopic (exact) mass is 333 g/mol. The number of ether oxygens (including phenoxy) is 1. The van der Waals surface area contributed by atoms with Crippen molar-refractivity contribution >= 4 is 18.4 Å². The van der Waals surface area contributed by atoms with Crippen molar-refractivity contribution in [3.63, 3.8) is 0 Å². The highest BCUT2D eigenvalue weighted by atomic mass is 35.5. The minimum atomic E-state index is -0.278. The smallest absolute Gasteiger partial charge is 0.338 e. The zero-order valence-electron chi connectivity index (χ0n) is 13.8. The molecule has 2 unspecified atom stereocenters. The van der Waals surface area contributed by atoms with Gasteiger partial charge in [-0.3, -0.25) is 0 Å². The molecular formula is C19H24ClNO2. The zero-order chi connectivity index (χ0) is 15.9. The second kappa shape index (κ2) is 9.33. The van der Waals surface area contributed by atoms with Crippen molar-refractivity contribution in [2.75, 3.05) is 20.6 Å². The molecule has 2 aromatic carbocycles.